The molecule has 0 atom stereocenters. The Kier molecular flexibility index (Phi) is 4.68. The summed E-state index contributed by atoms with van der Waals surface area (Å²) in [6.07, 6.45) is 3.97. The van der Waals surface area contributed by atoms with E-state index in [2.05, 4.69) is 73.0 Å². The summed E-state index contributed by atoms with van der Waals surface area (Å²) in [6.45, 7) is 10.6. The molecular formula is C14H20IN3S. The van der Waals surface area contributed by atoms with Gasteiger partial charge in [-0.3, -0.25) is 4.68 Å². The maximum atomic E-state index is 4.34. The number of nitrogens with zero attached hydrogens (tertiary/aromatic N) is 2. The highest BCUT2D eigenvalue weighted by Gasteiger charge is 2.11. The van der Waals surface area contributed by atoms with E-state index in [1.807, 2.05) is 22.2 Å². The Labute approximate surface area is 132 Å². The van der Waals surface area contributed by atoms with Gasteiger partial charge in [0.15, 0.2) is 0 Å². The molecule has 0 bridgehead atoms. The van der Waals surface area contributed by atoms with E-state index in [9.17, 15) is 0 Å². The van der Waals surface area contributed by atoms with E-state index >= 15 is 0 Å². The van der Waals surface area contributed by atoms with Crippen LogP contribution in [0.1, 0.15) is 36.1 Å². The van der Waals surface area contributed by atoms with E-state index in [-0.39, 0.29) is 5.54 Å². The minimum absolute atomic E-state index is 0.163. The fraction of sp³-hybridized carbons (Fsp3) is 0.500. The molecule has 1 N–H and O–H groups in total. The Hall–Kier alpha value is -0.400. The fourth-order valence-corrected chi connectivity index (χ4v) is 3.22. The molecule has 2 aromatic rings. The number of halogens is 1. The largest absolute Gasteiger partial charge is 0.307 e. The number of rotatable bonds is 4. The lowest BCUT2D eigenvalue weighted by Crippen LogP contribution is -2.34. The predicted molar refractivity (Wildman–Crippen MR) is 89.7 cm³/mol. The van der Waals surface area contributed by atoms with Gasteiger partial charge < -0.3 is 5.32 Å². The second-order valence-corrected chi connectivity index (χ2v) is 8.34. The maximum absolute atomic E-state index is 4.34. The number of hydrogen-bond acceptors (Lipinski definition) is 3. The quantitative estimate of drug-likeness (QED) is 0.807. The molecule has 0 aliphatic heterocycles. The molecule has 19 heavy (non-hydrogen) atoms. The molecule has 3 nitrogen and oxygen atoms in total. The normalized spacial score (nSPS) is 12.1. The lowest BCUT2D eigenvalue weighted by Gasteiger charge is -2.19. The number of hydrogen-bond donors (Lipinski definition) is 1. The molecular weight excluding hydrogens is 369 g/mol. The summed E-state index contributed by atoms with van der Waals surface area (Å²) < 4.78 is 3.18. The van der Waals surface area contributed by atoms with E-state index in [0.29, 0.717) is 0 Å². The van der Waals surface area contributed by atoms with E-state index in [1.165, 1.54) is 18.9 Å². The van der Waals surface area contributed by atoms with Crippen LogP contribution < -0.4 is 5.32 Å². The molecule has 0 aliphatic rings. The first kappa shape index (κ1) is 15.0. The molecule has 0 radical (unpaired) electrons. The topological polar surface area (TPSA) is 29.9 Å². The highest BCUT2D eigenvalue weighted by atomic mass is 127. The summed E-state index contributed by atoms with van der Waals surface area (Å²) in [4.78, 5) is 2.78. The van der Waals surface area contributed by atoms with Crippen LogP contribution in [-0.4, -0.2) is 15.3 Å². The first-order valence-corrected chi connectivity index (χ1v) is 8.24. The van der Waals surface area contributed by atoms with Crippen LogP contribution in [0.25, 0.3) is 0 Å². The standard InChI is InChI=1S/C14H20IN3S/c1-10-11(8-18-9-12(15)6-17-18)5-13(19-10)7-16-14(2,3)4/h5-6,9,16H,7-8H2,1-4H3. The SMILES string of the molecule is Cc1sc(CNC(C)(C)C)cc1Cn1cc(I)cn1. The smallest absolute Gasteiger partial charge is 0.0670 e. The number of thiophene rings is 1. The van der Waals surface area contributed by atoms with Crippen LogP contribution in [-0.2, 0) is 13.1 Å². The fourth-order valence-electron chi connectivity index (χ4n) is 1.78. The van der Waals surface area contributed by atoms with Gasteiger partial charge in [-0.1, -0.05) is 0 Å². The Morgan fingerprint density at radius 1 is 1.42 bits per heavy atom. The summed E-state index contributed by atoms with van der Waals surface area (Å²) in [6, 6.07) is 2.30. The van der Waals surface area contributed by atoms with Gasteiger partial charge in [0.2, 0.25) is 0 Å². The Bertz CT molecular complexity index is 551. The third kappa shape index (κ3) is 4.57. The zero-order valence-corrected chi connectivity index (χ0v) is 14.8. The summed E-state index contributed by atoms with van der Waals surface area (Å²) in [7, 11) is 0. The van der Waals surface area contributed by atoms with Crippen molar-refractivity contribution in [3.8, 4) is 0 Å². The van der Waals surface area contributed by atoms with Crippen molar-refractivity contribution in [2.24, 2.45) is 0 Å². The minimum atomic E-state index is 0.163. The lowest BCUT2D eigenvalue weighted by atomic mass is 10.1. The van der Waals surface area contributed by atoms with Gasteiger partial charge in [0.1, 0.15) is 0 Å². The van der Waals surface area contributed by atoms with Crippen LogP contribution in [0.3, 0.4) is 0 Å². The first-order chi connectivity index (χ1) is 8.83. The van der Waals surface area contributed by atoms with Gasteiger partial charge in [-0.25, -0.2) is 0 Å². The van der Waals surface area contributed by atoms with E-state index in [0.717, 1.165) is 13.1 Å². The summed E-state index contributed by atoms with van der Waals surface area (Å²) in [5, 5.41) is 7.88. The van der Waals surface area contributed by atoms with Gasteiger partial charge in [-0.05, 0) is 61.9 Å². The summed E-state index contributed by atoms with van der Waals surface area (Å²) in [5.41, 5.74) is 1.53. The van der Waals surface area contributed by atoms with Crippen LogP contribution in [0.2, 0.25) is 0 Å². The number of aryl methyl sites for hydroxylation is 1. The van der Waals surface area contributed by atoms with Crippen LogP contribution in [0.5, 0.6) is 0 Å². The van der Waals surface area contributed by atoms with Crippen molar-refractivity contribution in [1.82, 2.24) is 15.1 Å². The predicted octanol–water partition coefficient (Wildman–Crippen LogP) is 3.79. The van der Waals surface area contributed by atoms with Crippen molar-refractivity contribution >= 4 is 33.9 Å². The minimum Gasteiger partial charge on any atom is -0.307 e. The average Bonchev–Trinajstić information content (AvgIpc) is 2.83. The Morgan fingerprint density at radius 2 is 2.16 bits per heavy atom. The van der Waals surface area contributed by atoms with Gasteiger partial charge in [-0.15, -0.1) is 11.3 Å². The van der Waals surface area contributed by atoms with Crippen molar-refractivity contribution in [3.63, 3.8) is 0 Å². The van der Waals surface area contributed by atoms with E-state index in [1.54, 1.807) is 0 Å². The van der Waals surface area contributed by atoms with Gasteiger partial charge in [0.05, 0.1) is 16.3 Å². The number of aromatic nitrogens is 2. The molecule has 0 aliphatic carbocycles. The van der Waals surface area contributed by atoms with Crippen molar-refractivity contribution in [2.75, 3.05) is 0 Å². The molecule has 0 spiro atoms. The second-order valence-electron chi connectivity index (χ2n) is 5.75. The molecule has 2 heterocycles. The van der Waals surface area contributed by atoms with Crippen LogP contribution >= 0.6 is 33.9 Å². The Balaban J connectivity index is 2.04. The van der Waals surface area contributed by atoms with Crippen LogP contribution in [0.4, 0.5) is 0 Å². The zero-order chi connectivity index (χ0) is 14.0. The third-order valence-corrected chi connectivity index (χ3v) is 4.45. The van der Waals surface area contributed by atoms with Gasteiger partial charge in [-0.2, -0.15) is 5.10 Å². The van der Waals surface area contributed by atoms with Crippen molar-refractivity contribution in [3.05, 3.63) is 37.3 Å². The summed E-state index contributed by atoms with van der Waals surface area (Å²) >= 11 is 4.16. The number of nitrogens with one attached hydrogen (secondary N) is 1. The molecule has 0 saturated heterocycles. The highest BCUT2D eigenvalue weighted by molar-refractivity contribution is 14.1. The van der Waals surface area contributed by atoms with Crippen molar-refractivity contribution < 1.29 is 0 Å². The summed E-state index contributed by atoms with van der Waals surface area (Å²) in [5.74, 6) is 0. The molecule has 104 valence electrons. The average molecular weight is 389 g/mol. The highest BCUT2D eigenvalue weighted by Crippen LogP contribution is 2.23. The lowest BCUT2D eigenvalue weighted by molar-refractivity contribution is 0.426. The van der Waals surface area contributed by atoms with Crippen molar-refractivity contribution in [2.45, 2.75) is 46.3 Å². The zero-order valence-electron chi connectivity index (χ0n) is 11.8. The van der Waals surface area contributed by atoms with Crippen LogP contribution in [0.15, 0.2) is 18.5 Å². The molecule has 0 aromatic carbocycles. The Morgan fingerprint density at radius 3 is 2.74 bits per heavy atom. The molecule has 0 saturated carbocycles. The molecule has 0 amide bonds. The van der Waals surface area contributed by atoms with Crippen molar-refractivity contribution in [1.29, 1.82) is 0 Å². The first-order valence-electron chi connectivity index (χ1n) is 6.35. The van der Waals surface area contributed by atoms with Gasteiger partial charge in [0, 0.05) is 28.0 Å². The monoisotopic (exact) mass is 389 g/mol. The van der Waals surface area contributed by atoms with E-state index in [4.69, 9.17) is 0 Å². The molecule has 0 unspecified atom stereocenters. The third-order valence-electron chi connectivity index (χ3n) is 2.80. The maximum Gasteiger partial charge on any atom is 0.0670 e. The second kappa shape index (κ2) is 5.93. The van der Waals surface area contributed by atoms with Gasteiger partial charge >= 0.3 is 0 Å². The molecule has 5 heteroatoms. The molecule has 2 aromatic heterocycles. The van der Waals surface area contributed by atoms with Crippen LogP contribution in [0, 0.1) is 10.5 Å². The molecule has 0 fully saturated rings. The van der Waals surface area contributed by atoms with Gasteiger partial charge in [0.25, 0.3) is 0 Å². The van der Waals surface area contributed by atoms with E-state index < -0.39 is 0 Å². The molecule has 2 rings (SSSR count).